The summed E-state index contributed by atoms with van der Waals surface area (Å²) in [5.74, 6) is 0.589. The Balaban J connectivity index is 2.24. The standard InChI is InChI=1S/C15H17FN4S/c1-3-6-20-12-5-4-10(16)7-11(12)19-15(20)14-9(2)18-13(8-17)21-14/h4-5,7H,3,6,8,17H2,1-2H3. The molecule has 4 nitrogen and oxygen atoms in total. The van der Waals surface area contributed by atoms with Crippen LogP contribution in [0.3, 0.4) is 0 Å². The second-order valence-corrected chi connectivity index (χ2v) is 6.03. The van der Waals surface area contributed by atoms with Crippen molar-refractivity contribution in [3.05, 3.63) is 34.7 Å². The van der Waals surface area contributed by atoms with Gasteiger partial charge in [-0.15, -0.1) is 11.3 Å². The van der Waals surface area contributed by atoms with Gasteiger partial charge < -0.3 is 10.3 Å². The van der Waals surface area contributed by atoms with E-state index in [9.17, 15) is 4.39 Å². The van der Waals surface area contributed by atoms with Crippen molar-refractivity contribution in [3.63, 3.8) is 0 Å². The van der Waals surface area contributed by atoms with E-state index < -0.39 is 0 Å². The van der Waals surface area contributed by atoms with Crippen LogP contribution in [0.4, 0.5) is 4.39 Å². The molecule has 0 aliphatic carbocycles. The average molecular weight is 304 g/mol. The summed E-state index contributed by atoms with van der Waals surface area (Å²) >= 11 is 1.56. The Hall–Kier alpha value is -1.79. The molecule has 0 atom stereocenters. The average Bonchev–Trinajstić information content (AvgIpc) is 3.00. The van der Waals surface area contributed by atoms with Gasteiger partial charge in [-0.1, -0.05) is 6.92 Å². The van der Waals surface area contributed by atoms with E-state index in [0.717, 1.165) is 39.9 Å². The second kappa shape index (κ2) is 5.54. The molecule has 0 spiro atoms. The molecule has 0 bridgehead atoms. The molecule has 3 aromatic rings. The van der Waals surface area contributed by atoms with E-state index >= 15 is 0 Å². The molecule has 0 unspecified atom stereocenters. The zero-order valence-electron chi connectivity index (χ0n) is 12.1. The van der Waals surface area contributed by atoms with Gasteiger partial charge in [0.15, 0.2) is 5.82 Å². The summed E-state index contributed by atoms with van der Waals surface area (Å²) in [6.07, 6.45) is 0.984. The highest BCUT2D eigenvalue weighted by Crippen LogP contribution is 2.32. The third-order valence-corrected chi connectivity index (χ3v) is 4.55. The van der Waals surface area contributed by atoms with Crippen molar-refractivity contribution in [2.75, 3.05) is 0 Å². The highest BCUT2D eigenvalue weighted by molar-refractivity contribution is 7.15. The zero-order chi connectivity index (χ0) is 15.0. The van der Waals surface area contributed by atoms with Gasteiger partial charge >= 0.3 is 0 Å². The quantitative estimate of drug-likeness (QED) is 0.803. The molecule has 0 fully saturated rings. The number of hydrogen-bond acceptors (Lipinski definition) is 4. The number of fused-ring (bicyclic) bond motifs is 1. The topological polar surface area (TPSA) is 56.7 Å². The zero-order valence-corrected chi connectivity index (χ0v) is 12.9. The Morgan fingerprint density at radius 2 is 2.14 bits per heavy atom. The third-order valence-electron chi connectivity index (χ3n) is 3.38. The Labute approximate surface area is 126 Å². The van der Waals surface area contributed by atoms with E-state index in [-0.39, 0.29) is 5.82 Å². The fourth-order valence-electron chi connectivity index (χ4n) is 2.47. The van der Waals surface area contributed by atoms with Crippen LogP contribution in [0.15, 0.2) is 18.2 Å². The van der Waals surface area contributed by atoms with Gasteiger partial charge in [0.1, 0.15) is 10.8 Å². The molecule has 2 N–H and O–H groups in total. The van der Waals surface area contributed by atoms with E-state index in [4.69, 9.17) is 5.73 Å². The first kappa shape index (κ1) is 14.2. The molecule has 6 heteroatoms. The largest absolute Gasteiger partial charge is 0.325 e. The van der Waals surface area contributed by atoms with E-state index in [0.29, 0.717) is 12.1 Å². The van der Waals surface area contributed by atoms with Gasteiger partial charge in [-0.25, -0.2) is 14.4 Å². The maximum atomic E-state index is 13.4. The van der Waals surface area contributed by atoms with Crippen LogP contribution in [0.2, 0.25) is 0 Å². The highest BCUT2D eigenvalue weighted by atomic mass is 32.1. The van der Waals surface area contributed by atoms with Crippen LogP contribution in [0.1, 0.15) is 24.0 Å². The second-order valence-electron chi connectivity index (χ2n) is 4.95. The van der Waals surface area contributed by atoms with Gasteiger partial charge in [0, 0.05) is 19.2 Å². The summed E-state index contributed by atoms with van der Waals surface area (Å²) in [4.78, 5) is 10.1. The number of hydrogen-bond donors (Lipinski definition) is 1. The van der Waals surface area contributed by atoms with Gasteiger partial charge in [-0.2, -0.15) is 0 Å². The number of rotatable bonds is 4. The number of nitrogens with two attached hydrogens (primary N) is 1. The van der Waals surface area contributed by atoms with E-state index in [2.05, 4.69) is 21.5 Å². The Morgan fingerprint density at radius 1 is 1.33 bits per heavy atom. The summed E-state index contributed by atoms with van der Waals surface area (Å²) in [6, 6.07) is 4.74. The molecule has 2 aromatic heterocycles. The van der Waals surface area contributed by atoms with Gasteiger partial charge in [0.25, 0.3) is 0 Å². The minimum absolute atomic E-state index is 0.265. The van der Waals surface area contributed by atoms with Crippen LogP contribution in [0.5, 0.6) is 0 Å². The summed E-state index contributed by atoms with van der Waals surface area (Å²) in [7, 11) is 0. The van der Waals surface area contributed by atoms with Crippen molar-refractivity contribution < 1.29 is 4.39 Å². The predicted molar refractivity (Wildman–Crippen MR) is 83.7 cm³/mol. The number of benzene rings is 1. The summed E-state index contributed by atoms with van der Waals surface area (Å²) in [5, 5.41) is 0.892. The van der Waals surface area contributed by atoms with Crippen LogP contribution in [0.25, 0.3) is 21.7 Å². The normalized spacial score (nSPS) is 11.4. The van der Waals surface area contributed by atoms with Crippen LogP contribution in [0, 0.1) is 12.7 Å². The molecule has 0 aliphatic rings. The lowest BCUT2D eigenvalue weighted by molar-refractivity contribution is 0.629. The van der Waals surface area contributed by atoms with Crippen LogP contribution in [-0.2, 0) is 13.1 Å². The van der Waals surface area contributed by atoms with E-state index in [1.807, 2.05) is 6.92 Å². The van der Waals surface area contributed by atoms with Gasteiger partial charge in [-0.3, -0.25) is 0 Å². The molecule has 0 amide bonds. The summed E-state index contributed by atoms with van der Waals surface area (Å²) in [6.45, 7) is 5.34. The first-order chi connectivity index (χ1) is 10.1. The lowest BCUT2D eigenvalue weighted by atomic mass is 10.3. The van der Waals surface area contributed by atoms with Crippen molar-refractivity contribution in [3.8, 4) is 10.7 Å². The van der Waals surface area contributed by atoms with Crippen molar-refractivity contribution in [1.29, 1.82) is 0 Å². The molecule has 21 heavy (non-hydrogen) atoms. The SMILES string of the molecule is CCCn1c(-c2sc(CN)nc2C)nc2cc(F)ccc21. The fourth-order valence-corrected chi connectivity index (χ4v) is 3.42. The maximum absolute atomic E-state index is 13.4. The van der Waals surface area contributed by atoms with Gasteiger partial charge in [-0.05, 0) is 25.5 Å². The molecular weight excluding hydrogens is 287 g/mol. The molecular formula is C15H17FN4S. The van der Waals surface area contributed by atoms with Crippen LogP contribution >= 0.6 is 11.3 Å². The smallest absolute Gasteiger partial charge is 0.153 e. The molecule has 3 rings (SSSR count). The van der Waals surface area contributed by atoms with E-state index in [1.54, 1.807) is 17.4 Å². The summed E-state index contributed by atoms with van der Waals surface area (Å²) in [5.41, 5.74) is 8.23. The monoisotopic (exact) mass is 304 g/mol. The van der Waals surface area contributed by atoms with Gasteiger partial charge in [0.05, 0.1) is 21.6 Å². The number of halogens is 1. The lowest BCUT2D eigenvalue weighted by Crippen LogP contribution is -1.99. The highest BCUT2D eigenvalue weighted by Gasteiger charge is 2.17. The minimum Gasteiger partial charge on any atom is -0.325 e. The Bertz CT molecular complexity index is 790. The Morgan fingerprint density at radius 3 is 2.81 bits per heavy atom. The molecule has 0 radical (unpaired) electrons. The number of aryl methyl sites for hydroxylation is 2. The van der Waals surface area contributed by atoms with E-state index in [1.165, 1.54) is 12.1 Å². The third kappa shape index (κ3) is 2.45. The first-order valence-corrected chi connectivity index (χ1v) is 7.78. The molecule has 1 aromatic carbocycles. The van der Waals surface area contributed by atoms with Crippen LogP contribution in [-0.4, -0.2) is 14.5 Å². The van der Waals surface area contributed by atoms with Crippen molar-refractivity contribution in [2.24, 2.45) is 5.73 Å². The van der Waals surface area contributed by atoms with Crippen molar-refractivity contribution in [2.45, 2.75) is 33.4 Å². The fraction of sp³-hybridized carbons (Fsp3) is 0.333. The molecule has 2 heterocycles. The van der Waals surface area contributed by atoms with Crippen molar-refractivity contribution in [1.82, 2.24) is 14.5 Å². The van der Waals surface area contributed by atoms with Crippen LogP contribution < -0.4 is 5.73 Å². The molecule has 0 saturated heterocycles. The molecule has 0 saturated carbocycles. The summed E-state index contributed by atoms with van der Waals surface area (Å²) < 4.78 is 15.6. The number of thiazole rings is 1. The first-order valence-electron chi connectivity index (χ1n) is 6.96. The number of imidazole rings is 1. The maximum Gasteiger partial charge on any atom is 0.153 e. The Kier molecular flexibility index (Phi) is 3.73. The number of aromatic nitrogens is 3. The molecule has 0 aliphatic heterocycles. The number of nitrogens with zero attached hydrogens (tertiary/aromatic N) is 3. The lowest BCUT2D eigenvalue weighted by Gasteiger charge is -2.06. The van der Waals surface area contributed by atoms with Crippen molar-refractivity contribution >= 4 is 22.4 Å². The minimum atomic E-state index is -0.265. The molecule has 110 valence electrons. The predicted octanol–water partition coefficient (Wildman–Crippen LogP) is 3.48. The van der Waals surface area contributed by atoms with Gasteiger partial charge in [0.2, 0.25) is 0 Å².